The number of nitro benzene ring substituents is 1. The lowest BCUT2D eigenvalue weighted by Crippen LogP contribution is -2.22. The predicted molar refractivity (Wildman–Crippen MR) is 98.2 cm³/mol. The van der Waals surface area contributed by atoms with Crippen LogP contribution in [-0.4, -0.2) is 23.4 Å². The van der Waals surface area contributed by atoms with Crippen LogP contribution in [0.25, 0.3) is 6.08 Å². The Morgan fingerprint density at radius 2 is 1.90 bits per heavy atom. The first-order valence-electron chi connectivity index (χ1n) is 7.83. The summed E-state index contributed by atoms with van der Waals surface area (Å²) in [5.74, 6) is -2.02. The number of nitrogens with zero attached hydrogens (tertiary/aromatic N) is 1. The van der Waals surface area contributed by atoms with E-state index in [0.717, 1.165) is 24.3 Å². The van der Waals surface area contributed by atoms with Crippen LogP contribution in [0.1, 0.15) is 11.1 Å². The molecular formula is C18H12ClF3N2O5. The van der Waals surface area contributed by atoms with E-state index in [1.807, 2.05) is 5.32 Å². The van der Waals surface area contributed by atoms with E-state index in [4.69, 9.17) is 11.6 Å². The van der Waals surface area contributed by atoms with E-state index in [1.54, 1.807) is 0 Å². The zero-order chi connectivity index (χ0) is 21.6. The number of hydrogen-bond acceptors (Lipinski definition) is 5. The average Bonchev–Trinajstić information content (AvgIpc) is 2.65. The number of anilines is 1. The van der Waals surface area contributed by atoms with Gasteiger partial charge in [0.1, 0.15) is 0 Å². The van der Waals surface area contributed by atoms with Gasteiger partial charge in [-0.15, -0.1) is 0 Å². The molecule has 0 atom stereocenters. The van der Waals surface area contributed by atoms with Gasteiger partial charge in [-0.1, -0.05) is 23.7 Å². The van der Waals surface area contributed by atoms with Gasteiger partial charge < -0.3 is 10.1 Å². The third kappa shape index (κ3) is 6.32. The molecule has 2 aromatic carbocycles. The summed E-state index contributed by atoms with van der Waals surface area (Å²) in [5.41, 5.74) is -1.80. The molecule has 0 saturated heterocycles. The van der Waals surface area contributed by atoms with Crippen molar-refractivity contribution in [3.8, 4) is 0 Å². The second-order valence-corrected chi connectivity index (χ2v) is 5.93. The molecule has 1 amide bonds. The molecule has 0 fully saturated rings. The first-order valence-corrected chi connectivity index (χ1v) is 8.20. The molecule has 2 aromatic rings. The molecule has 0 unspecified atom stereocenters. The van der Waals surface area contributed by atoms with E-state index in [2.05, 4.69) is 4.74 Å². The minimum absolute atomic E-state index is 0.134. The zero-order valence-corrected chi connectivity index (χ0v) is 15.2. The van der Waals surface area contributed by atoms with Gasteiger partial charge in [0, 0.05) is 17.2 Å². The number of halogens is 4. The highest BCUT2D eigenvalue weighted by Crippen LogP contribution is 2.36. The monoisotopic (exact) mass is 428 g/mol. The molecule has 29 heavy (non-hydrogen) atoms. The highest BCUT2D eigenvalue weighted by Gasteiger charge is 2.34. The number of esters is 1. The molecule has 7 nitrogen and oxygen atoms in total. The van der Waals surface area contributed by atoms with Crippen LogP contribution in [0.15, 0.2) is 48.5 Å². The maximum atomic E-state index is 13.0. The van der Waals surface area contributed by atoms with E-state index in [0.29, 0.717) is 6.07 Å². The van der Waals surface area contributed by atoms with Crippen LogP contribution in [0.5, 0.6) is 0 Å². The summed E-state index contributed by atoms with van der Waals surface area (Å²) in [4.78, 5) is 33.7. The van der Waals surface area contributed by atoms with E-state index in [1.165, 1.54) is 24.3 Å². The molecular weight excluding hydrogens is 417 g/mol. The maximum Gasteiger partial charge on any atom is 0.418 e. The number of ether oxygens (including phenoxy) is 1. The van der Waals surface area contributed by atoms with Gasteiger partial charge in [0.05, 0.1) is 21.7 Å². The van der Waals surface area contributed by atoms with Crippen LogP contribution < -0.4 is 5.32 Å². The highest BCUT2D eigenvalue weighted by molar-refractivity contribution is 6.30. The number of hydrogen-bond donors (Lipinski definition) is 1. The molecule has 0 spiro atoms. The fourth-order valence-electron chi connectivity index (χ4n) is 2.18. The lowest BCUT2D eigenvalue weighted by molar-refractivity contribution is -0.385. The van der Waals surface area contributed by atoms with Crippen LogP contribution in [-0.2, 0) is 20.5 Å². The molecule has 0 radical (unpaired) electrons. The van der Waals surface area contributed by atoms with Gasteiger partial charge >= 0.3 is 12.1 Å². The van der Waals surface area contributed by atoms with E-state index in [9.17, 15) is 32.9 Å². The fraction of sp³-hybridized carbons (Fsp3) is 0.111. The van der Waals surface area contributed by atoms with Gasteiger partial charge in [0.15, 0.2) is 6.61 Å². The Hall–Kier alpha value is -3.40. The minimum atomic E-state index is -4.75. The van der Waals surface area contributed by atoms with Gasteiger partial charge in [-0.25, -0.2) is 4.79 Å². The molecule has 2 rings (SSSR count). The summed E-state index contributed by atoms with van der Waals surface area (Å²) in [6.07, 6.45) is -2.77. The van der Waals surface area contributed by atoms with Crippen LogP contribution >= 0.6 is 11.6 Å². The molecule has 0 aliphatic rings. The summed E-state index contributed by atoms with van der Waals surface area (Å²) >= 11 is 5.55. The number of carbonyl (C=O) groups excluding carboxylic acids is 2. The Labute approximate surface area is 166 Å². The number of carbonyl (C=O) groups is 2. The fourth-order valence-corrected chi connectivity index (χ4v) is 2.36. The number of amides is 1. The smallest absolute Gasteiger partial charge is 0.418 e. The Balaban J connectivity index is 1.98. The quantitative estimate of drug-likeness (QED) is 0.317. The molecule has 11 heteroatoms. The number of para-hydroxylation sites is 1. The highest BCUT2D eigenvalue weighted by atomic mass is 35.5. The lowest BCUT2D eigenvalue weighted by Gasteiger charge is -2.14. The van der Waals surface area contributed by atoms with Crippen molar-refractivity contribution in [1.29, 1.82) is 0 Å². The second-order valence-electron chi connectivity index (χ2n) is 5.49. The molecule has 0 aliphatic carbocycles. The molecule has 1 N–H and O–H groups in total. The lowest BCUT2D eigenvalue weighted by atomic mass is 10.1. The molecule has 0 saturated carbocycles. The largest absolute Gasteiger partial charge is 0.452 e. The Kier molecular flexibility index (Phi) is 6.94. The first kappa shape index (κ1) is 21.9. The zero-order valence-electron chi connectivity index (χ0n) is 14.4. The van der Waals surface area contributed by atoms with Gasteiger partial charge in [0.2, 0.25) is 0 Å². The molecule has 0 heterocycles. The maximum absolute atomic E-state index is 13.0. The van der Waals surface area contributed by atoms with Crippen molar-refractivity contribution in [1.82, 2.24) is 0 Å². The van der Waals surface area contributed by atoms with Crippen molar-refractivity contribution in [2.75, 3.05) is 11.9 Å². The van der Waals surface area contributed by atoms with E-state index in [-0.39, 0.29) is 16.3 Å². The number of benzene rings is 2. The number of nitrogens with one attached hydrogen (secondary N) is 1. The van der Waals surface area contributed by atoms with Crippen LogP contribution in [0.4, 0.5) is 24.5 Å². The molecule has 152 valence electrons. The summed E-state index contributed by atoms with van der Waals surface area (Å²) in [6, 6.07) is 8.39. The molecule has 0 aliphatic heterocycles. The third-order valence-corrected chi connectivity index (χ3v) is 3.67. The predicted octanol–water partition coefficient (Wildman–Crippen LogP) is 4.46. The standard InChI is InChI=1S/C18H12ClF3N2O5/c19-12-6-7-14(13(9-12)18(20,21)22)23-16(25)10-29-17(26)8-5-11-3-1-2-4-15(11)24(27)28/h1-9H,10H2,(H,23,25)/b8-5+. The second kappa shape index (κ2) is 9.20. The van der Waals surface area contributed by atoms with Crippen LogP contribution in [0.3, 0.4) is 0 Å². The normalized spacial score (nSPS) is 11.3. The summed E-state index contributed by atoms with van der Waals surface area (Å²) in [5, 5.41) is 12.7. The van der Waals surface area contributed by atoms with E-state index < -0.39 is 40.8 Å². The van der Waals surface area contributed by atoms with Crippen molar-refractivity contribution in [2.45, 2.75) is 6.18 Å². The third-order valence-electron chi connectivity index (χ3n) is 3.44. The summed E-state index contributed by atoms with van der Waals surface area (Å²) in [6.45, 7) is -0.861. The van der Waals surface area contributed by atoms with Crippen LogP contribution in [0, 0.1) is 10.1 Å². The van der Waals surface area contributed by atoms with Gasteiger partial charge in [-0.3, -0.25) is 14.9 Å². The van der Waals surface area contributed by atoms with E-state index >= 15 is 0 Å². The topological polar surface area (TPSA) is 98.5 Å². The van der Waals surface area contributed by atoms with Crippen molar-refractivity contribution < 1.29 is 32.4 Å². The van der Waals surface area contributed by atoms with Gasteiger partial charge in [-0.2, -0.15) is 13.2 Å². The average molecular weight is 429 g/mol. The summed E-state index contributed by atoms with van der Waals surface area (Å²) < 4.78 is 43.6. The van der Waals surface area contributed by atoms with Crippen LogP contribution in [0.2, 0.25) is 5.02 Å². The minimum Gasteiger partial charge on any atom is -0.452 e. The van der Waals surface area contributed by atoms with Gasteiger partial charge in [-0.05, 0) is 30.3 Å². The number of nitro groups is 1. The van der Waals surface area contributed by atoms with Crippen molar-refractivity contribution in [2.24, 2.45) is 0 Å². The van der Waals surface area contributed by atoms with Crippen molar-refractivity contribution >= 4 is 40.9 Å². The number of rotatable bonds is 6. The molecule has 0 aromatic heterocycles. The Bertz CT molecular complexity index is 976. The first-order chi connectivity index (χ1) is 13.6. The summed E-state index contributed by atoms with van der Waals surface area (Å²) in [7, 11) is 0. The van der Waals surface area contributed by atoms with Crippen molar-refractivity contribution in [3.63, 3.8) is 0 Å². The Morgan fingerprint density at radius 3 is 2.55 bits per heavy atom. The van der Waals surface area contributed by atoms with Gasteiger partial charge in [0.25, 0.3) is 11.6 Å². The SMILES string of the molecule is O=C(COC(=O)/C=C/c1ccccc1[N+](=O)[O-])Nc1ccc(Cl)cc1C(F)(F)F. The number of alkyl halides is 3. The van der Waals surface area contributed by atoms with Crippen molar-refractivity contribution in [3.05, 3.63) is 74.8 Å². The molecule has 0 bridgehead atoms. The Morgan fingerprint density at radius 1 is 1.21 bits per heavy atom.